The van der Waals surface area contributed by atoms with E-state index in [0.717, 1.165) is 6.54 Å². The molecular formula is C16H25NO. The van der Waals surface area contributed by atoms with Gasteiger partial charge in [0.25, 0.3) is 0 Å². The van der Waals surface area contributed by atoms with Gasteiger partial charge < -0.3 is 10.1 Å². The molecule has 1 fully saturated rings. The van der Waals surface area contributed by atoms with Crippen LogP contribution in [0.1, 0.15) is 50.2 Å². The molecule has 0 bridgehead atoms. The molecule has 0 amide bonds. The number of hydrogen-bond donors (Lipinski definition) is 1. The highest BCUT2D eigenvalue weighted by atomic mass is 16.5. The average molecular weight is 247 g/mol. The Morgan fingerprint density at radius 1 is 1.06 bits per heavy atom. The highest BCUT2D eigenvalue weighted by Gasteiger charge is 2.25. The fourth-order valence-corrected chi connectivity index (χ4v) is 2.74. The van der Waals surface area contributed by atoms with Crippen LogP contribution in [0, 0.1) is 0 Å². The van der Waals surface area contributed by atoms with Gasteiger partial charge in [-0.25, -0.2) is 0 Å². The van der Waals surface area contributed by atoms with E-state index in [0.29, 0.717) is 12.1 Å². The predicted octanol–water partition coefficient (Wildman–Crippen LogP) is 3.65. The summed E-state index contributed by atoms with van der Waals surface area (Å²) in [6.07, 6.45) is 6.78. The van der Waals surface area contributed by atoms with Gasteiger partial charge in [0.15, 0.2) is 0 Å². The number of nitrogens with one attached hydrogen (secondary N) is 1. The summed E-state index contributed by atoms with van der Waals surface area (Å²) in [7, 11) is 1.74. The van der Waals surface area contributed by atoms with Crippen molar-refractivity contribution in [2.45, 2.75) is 57.7 Å². The summed E-state index contributed by atoms with van der Waals surface area (Å²) in [6.45, 7) is 4.04. The predicted molar refractivity (Wildman–Crippen MR) is 75.5 cm³/mol. The van der Waals surface area contributed by atoms with Crippen molar-refractivity contribution >= 4 is 0 Å². The van der Waals surface area contributed by atoms with Crippen molar-refractivity contribution in [3.05, 3.63) is 35.4 Å². The maximum Gasteiger partial charge on any atom is 0.0713 e. The van der Waals surface area contributed by atoms with Gasteiger partial charge in [-0.1, -0.05) is 43.5 Å². The van der Waals surface area contributed by atoms with Crippen molar-refractivity contribution in [3.8, 4) is 0 Å². The van der Waals surface area contributed by atoms with Crippen molar-refractivity contribution < 1.29 is 4.74 Å². The quantitative estimate of drug-likeness (QED) is 0.857. The molecule has 1 saturated carbocycles. The summed E-state index contributed by atoms with van der Waals surface area (Å²) in [5, 5.41) is 3.73. The first-order valence-electron chi connectivity index (χ1n) is 7.04. The second-order valence-electron chi connectivity index (χ2n) is 5.72. The van der Waals surface area contributed by atoms with Gasteiger partial charge in [-0.15, -0.1) is 0 Å². The first-order valence-corrected chi connectivity index (χ1v) is 7.04. The molecule has 2 nitrogen and oxygen atoms in total. The standard InChI is InChI=1S/C16H25NO/c1-16(10-4-3-5-11-16)17-12-14-6-8-15(9-7-14)13-18-2/h6-9,17H,3-5,10-13H2,1-2H3. The second kappa shape index (κ2) is 6.35. The number of methoxy groups -OCH3 is 1. The van der Waals surface area contributed by atoms with Crippen molar-refractivity contribution in [1.82, 2.24) is 5.32 Å². The molecule has 0 aliphatic heterocycles. The van der Waals surface area contributed by atoms with Gasteiger partial charge in [-0.2, -0.15) is 0 Å². The molecule has 0 atom stereocenters. The largest absolute Gasteiger partial charge is 0.380 e. The fraction of sp³-hybridized carbons (Fsp3) is 0.625. The van der Waals surface area contributed by atoms with Crippen LogP contribution in [0.15, 0.2) is 24.3 Å². The topological polar surface area (TPSA) is 21.3 Å². The number of ether oxygens (including phenoxy) is 1. The molecule has 0 spiro atoms. The molecule has 2 rings (SSSR count). The third-order valence-corrected chi connectivity index (χ3v) is 4.01. The van der Waals surface area contributed by atoms with E-state index in [4.69, 9.17) is 4.74 Å². The SMILES string of the molecule is COCc1ccc(CNC2(C)CCCCC2)cc1. The zero-order chi connectivity index (χ0) is 12.8. The minimum absolute atomic E-state index is 0.351. The molecule has 1 aliphatic rings. The normalized spacial score (nSPS) is 18.8. The van der Waals surface area contributed by atoms with Crippen LogP contribution < -0.4 is 5.32 Å². The molecule has 0 saturated heterocycles. The highest BCUT2D eigenvalue weighted by molar-refractivity contribution is 5.22. The van der Waals surface area contributed by atoms with Gasteiger partial charge in [0, 0.05) is 19.2 Å². The van der Waals surface area contributed by atoms with Crippen LogP contribution in [0.5, 0.6) is 0 Å². The molecule has 1 aromatic carbocycles. The van der Waals surface area contributed by atoms with Crippen molar-refractivity contribution in [2.24, 2.45) is 0 Å². The third-order valence-electron chi connectivity index (χ3n) is 4.01. The lowest BCUT2D eigenvalue weighted by molar-refractivity contribution is 0.185. The molecule has 2 heteroatoms. The van der Waals surface area contributed by atoms with Crippen molar-refractivity contribution in [2.75, 3.05) is 7.11 Å². The molecule has 1 N–H and O–H groups in total. The van der Waals surface area contributed by atoms with Crippen LogP contribution in [0.4, 0.5) is 0 Å². The summed E-state index contributed by atoms with van der Waals surface area (Å²) in [5.41, 5.74) is 2.95. The maximum atomic E-state index is 5.12. The van der Waals surface area contributed by atoms with Crippen LogP contribution in [0.3, 0.4) is 0 Å². The van der Waals surface area contributed by atoms with Crippen molar-refractivity contribution in [3.63, 3.8) is 0 Å². The Morgan fingerprint density at radius 3 is 2.28 bits per heavy atom. The molecule has 0 heterocycles. The third kappa shape index (κ3) is 3.82. The minimum Gasteiger partial charge on any atom is -0.380 e. The molecule has 18 heavy (non-hydrogen) atoms. The molecule has 100 valence electrons. The van der Waals surface area contributed by atoms with Crippen LogP contribution in [0.25, 0.3) is 0 Å². The lowest BCUT2D eigenvalue weighted by atomic mass is 9.83. The molecule has 0 aromatic heterocycles. The Balaban J connectivity index is 1.85. The van der Waals surface area contributed by atoms with E-state index in [1.165, 1.54) is 43.2 Å². The summed E-state index contributed by atoms with van der Waals surface area (Å²) in [5.74, 6) is 0. The maximum absolute atomic E-state index is 5.12. The van der Waals surface area contributed by atoms with Crippen molar-refractivity contribution in [1.29, 1.82) is 0 Å². The zero-order valence-electron chi connectivity index (χ0n) is 11.7. The number of hydrogen-bond acceptors (Lipinski definition) is 2. The molecule has 0 unspecified atom stereocenters. The zero-order valence-corrected chi connectivity index (χ0v) is 11.7. The first kappa shape index (κ1) is 13.6. The average Bonchev–Trinajstić information content (AvgIpc) is 2.39. The molecule has 0 radical (unpaired) electrons. The van der Waals surface area contributed by atoms with Gasteiger partial charge in [-0.3, -0.25) is 0 Å². The second-order valence-corrected chi connectivity index (χ2v) is 5.72. The van der Waals surface area contributed by atoms with Gasteiger partial charge in [0.1, 0.15) is 0 Å². The Morgan fingerprint density at radius 2 is 1.67 bits per heavy atom. The molecule has 1 aliphatic carbocycles. The monoisotopic (exact) mass is 247 g/mol. The molecular weight excluding hydrogens is 222 g/mol. The lowest BCUT2D eigenvalue weighted by Gasteiger charge is -2.34. The fourth-order valence-electron chi connectivity index (χ4n) is 2.74. The summed E-state index contributed by atoms with van der Waals surface area (Å²) < 4.78 is 5.12. The van der Waals surface area contributed by atoms with E-state index in [-0.39, 0.29) is 0 Å². The van der Waals surface area contributed by atoms with Crippen LogP contribution in [-0.4, -0.2) is 12.6 Å². The lowest BCUT2D eigenvalue weighted by Crippen LogP contribution is -2.43. The van der Waals surface area contributed by atoms with Crippen LogP contribution >= 0.6 is 0 Å². The Labute approximate surface area is 111 Å². The molecule has 1 aromatic rings. The van der Waals surface area contributed by atoms with E-state index in [1.54, 1.807) is 7.11 Å². The smallest absolute Gasteiger partial charge is 0.0713 e. The van der Waals surface area contributed by atoms with Crippen LogP contribution in [-0.2, 0) is 17.9 Å². The minimum atomic E-state index is 0.351. The van der Waals surface area contributed by atoms with Gasteiger partial charge in [0.05, 0.1) is 6.61 Å². The number of rotatable bonds is 5. The van der Waals surface area contributed by atoms with Gasteiger partial charge in [-0.05, 0) is 30.9 Å². The van der Waals surface area contributed by atoms with E-state index < -0.39 is 0 Å². The van der Waals surface area contributed by atoms with E-state index in [2.05, 4.69) is 36.5 Å². The highest BCUT2D eigenvalue weighted by Crippen LogP contribution is 2.27. The van der Waals surface area contributed by atoms with Crippen LogP contribution in [0.2, 0.25) is 0 Å². The van der Waals surface area contributed by atoms with E-state index in [9.17, 15) is 0 Å². The van der Waals surface area contributed by atoms with E-state index in [1.807, 2.05) is 0 Å². The Bertz CT molecular complexity index is 352. The number of benzene rings is 1. The summed E-state index contributed by atoms with van der Waals surface area (Å²) >= 11 is 0. The summed E-state index contributed by atoms with van der Waals surface area (Å²) in [6, 6.07) is 8.72. The Hall–Kier alpha value is -0.860. The van der Waals surface area contributed by atoms with E-state index >= 15 is 0 Å². The Kier molecular flexibility index (Phi) is 4.79. The first-order chi connectivity index (χ1) is 8.72. The summed E-state index contributed by atoms with van der Waals surface area (Å²) in [4.78, 5) is 0. The van der Waals surface area contributed by atoms with Gasteiger partial charge in [0.2, 0.25) is 0 Å². The van der Waals surface area contributed by atoms with Gasteiger partial charge >= 0.3 is 0 Å².